The molecular weight excluding hydrogens is 554 g/mol. The van der Waals surface area contributed by atoms with Crippen LogP contribution in [0.15, 0.2) is 64.1 Å². The minimum absolute atomic E-state index is 0.141. The lowest BCUT2D eigenvalue weighted by Gasteiger charge is -2.30. The van der Waals surface area contributed by atoms with E-state index in [2.05, 4.69) is 25.7 Å². The van der Waals surface area contributed by atoms with Gasteiger partial charge in [-0.15, -0.1) is 0 Å². The van der Waals surface area contributed by atoms with Crippen LogP contribution in [-0.2, 0) is 14.3 Å². The molecule has 1 aliphatic carbocycles. The number of aliphatic imine (C=N–C) groups is 1. The molecule has 3 heterocycles. The third kappa shape index (κ3) is 6.55. The zero-order valence-corrected chi connectivity index (χ0v) is 24.2. The zero-order chi connectivity index (χ0) is 30.5. The van der Waals surface area contributed by atoms with E-state index in [9.17, 15) is 19.2 Å². The van der Waals surface area contributed by atoms with Crippen molar-refractivity contribution in [1.29, 1.82) is 0 Å². The van der Waals surface area contributed by atoms with E-state index in [1.807, 2.05) is 6.92 Å². The maximum atomic E-state index is 13.8. The molecule has 13 heteroatoms. The van der Waals surface area contributed by atoms with Crippen LogP contribution >= 0.6 is 0 Å². The van der Waals surface area contributed by atoms with Gasteiger partial charge in [-0.2, -0.15) is 5.10 Å². The van der Waals surface area contributed by atoms with Crippen LogP contribution < -0.4 is 15.5 Å². The SMILES string of the molecule is CCCNC(=O)C1CN2N=CN=C(N(C(=O)OCOC(=O)c3cccnc3)c3cc(C(=O)NC4CC4)ccc3C)C2=C1C. The number of nitrogens with one attached hydrogen (secondary N) is 2. The first-order valence-electron chi connectivity index (χ1n) is 14.1. The van der Waals surface area contributed by atoms with E-state index < -0.39 is 24.8 Å². The van der Waals surface area contributed by atoms with Crippen molar-refractivity contribution in [2.75, 3.05) is 24.8 Å². The Morgan fingerprint density at radius 3 is 2.63 bits per heavy atom. The van der Waals surface area contributed by atoms with Crippen molar-refractivity contribution in [2.24, 2.45) is 16.0 Å². The molecule has 1 atom stereocenters. The van der Waals surface area contributed by atoms with E-state index in [0.717, 1.165) is 19.3 Å². The lowest BCUT2D eigenvalue weighted by Crippen LogP contribution is -2.43. The van der Waals surface area contributed by atoms with Crippen molar-refractivity contribution >= 4 is 41.7 Å². The average molecular weight is 588 g/mol. The second-order valence-corrected chi connectivity index (χ2v) is 10.4. The van der Waals surface area contributed by atoms with Gasteiger partial charge in [0, 0.05) is 30.5 Å². The number of esters is 1. The van der Waals surface area contributed by atoms with Gasteiger partial charge in [-0.3, -0.25) is 19.6 Å². The normalized spacial score (nSPS) is 17.1. The Labute approximate surface area is 248 Å². The van der Waals surface area contributed by atoms with Gasteiger partial charge in [0.25, 0.3) is 5.91 Å². The molecule has 1 saturated carbocycles. The molecule has 1 aromatic heterocycles. The maximum Gasteiger partial charge on any atom is 0.423 e. The number of hydrogen-bond donors (Lipinski definition) is 2. The molecule has 2 aromatic rings. The van der Waals surface area contributed by atoms with Crippen LogP contribution in [0.1, 0.15) is 59.4 Å². The minimum atomic E-state index is -0.907. The molecule has 0 saturated heterocycles. The van der Waals surface area contributed by atoms with Gasteiger partial charge < -0.3 is 20.1 Å². The number of nitrogens with zero attached hydrogens (tertiary/aromatic N) is 5. The average Bonchev–Trinajstić information content (AvgIpc) is 3.77. The fourth-order valence-corrected chi connectivity index (χ4v) is 4.74. The van der Waals surface area contributed by atoms with Gasteiger partial charge in [0.1, 0.15) is 12.0 Å². The molecule has 1 unspecified atom stereocenters. The largest absolute Gasteiger partial charge is 0.424 e. The predicted octanol–water partition coefficient (Wildman–Crippen LogP) is 3.13. The first-order chi connectivity index (χ1) is 20.8. The number of aromatic nitrogens is 1. The summed E-state index contributed by atoms with van der Waals surface area (Å²) in [6.45, 7) is 5.67. The second-order valence-electron chi connectivity index (χ2n) is 10.4. The summed E-state index contributed by atoms with van der Waals surface area (Å²) in [6.07, 6.45) is 5.88. The van der Waals surface area contributed by atoms with Gasteiger partial charge in [0.05, 0.1) is 23.7 Å². The zero-order valence-electron chi connectivity index (χ0n) is 24.2. The van der Waals surface area contributed by atoms with Crippen molar-refractivity contribution in [3.8, 4) is 0 Å². The molecule has 1 aromatic carbocycles. The number of pyridine rings is 1. The van der Waals surface area contributed by atoms with Crippen LogP contribution in [0.5, 0.6) is 0 Å². The van der Waals surface area contributed by atoms with E-state index in [-0.39, 0.29) is 35.8 Å². The minimum Gasteiger partial charge on any atom is -0.424 e. The van der Waals surface area contributed by atoms with Crippen LogP contribution in [-0.4, -0.2) is 72.0 Å². The topological polar surface area (TPSA) is 155 Å². The highest BCUT2D eigenvalue weighted by Gasteiger charge is 2.41. The van der Waals surface area contributed by atoms with E-state index in [0.29, 0.717) is 34.6 Å². The number of aryl methyl sites for hydroxylation is 1. The first kappa shape index (κ1) is 29.4. The maximum absolute atomic E-state index is 13.8. The van der Waals surface area contributed by atoms with Crippen LogP contribution in [0, 0.1) is 12.8 Å². The summed E-state index contributed by atoms with van der Waals surface area (Å²) in [5.74, 6) is -1.49. The Bertz CT molecular complexity index is 1520. The number of amides is 3. The van der Waals surface area contributed by atoms with E-state index >= 15 is 0 Å². The molecule has 3 amide bonds. The number of hydrogen-bond acceptors (Lipinski definition) is 10. The molecule has 5 rings (SSSR count). The van der Waals surface area contributed by atoms with Crippen molar-refractivity contribution in [1.82, 2.24) is 20.6 Å². The van der Waals surface area contributed by atoms with E-state index in [1.165, 1.54) is 29.7 Å². The Morgan fingerprint density at radius 2 is 1.91 bits per heavy atom. The molecule has 0 spiro atoms. The Kier molecular flexibility index (Phi) is 8.79. The number of carbonyl (C=O) groups is 4. The van der Waals surface area contributed by atoms with Gasteiger partial charge in [-0.1, -0.05) is 13.0 Å². The summed E-state index contributed by atoms with van der Waals surface area (Å²) in [6, 6.07) is 8.25. The van der Waals surface area contributed by atoms with Gasteiger partial charge in [0.15, 0.2) is 5.84 Å². The standard InChI is InChI=1S/C30H33N7O6/c1-4-11-32-28(39)23-15-36-25(19(23)3)26(33-16-34-36)37(30(41)43-17-42-29(40)21-6-5-12-31-14-21)24-13-20(8-7-18(24)2)27(38)35-22-9-10-22/h5-8,12-14,16,22-23H,4,9-11,15,17H2,1-3H3,(H,32,39)(H,35,38). The number of fused-ring (bicyclic) bond motifs is 1. The number of benzene rings is 1. The van der Waals surface area contributed by atoms with Crippen molar-refractivity contribution in [3.05, 3.63) is 70.7 Å². The number of carbonyl (C=O) groups excluding carboxylic acids is 4. The molecule has 2 aliphatic heterocycles. The summed E-state index contributed by atoms with van der Waals surface area (Å²) in [5.41, 5.74) is 2.67. The summed E-state index contributed by atoms with van der Waals surface area (Å²) in [7, 11) is 0. The number of rotatable bonds is 9. The lowest BCUT2D eigenvalue weighted by molar-refractivity contribution is -0.123. The third-order valence-electron chi connectivity index (χ3n) is 7.25. The second kappa shape index (κ2) is 12.8. The highest BCUT2D eigenvalue weighted by atomic mass is 16.7. The molecule has 224 valence electrons. The molecule has 0 radical (unpaired) electrons. The summed E-state index contributed by atoms with van der Waals surface area (Å²) >= 11 is 0. The number of amidine groups is 1. The molecule has 13 nitrogen and oxygen atoms in total. The quantitative estimate of drug-likeness (QED) is 0.335. The fraction of sp³-hybridized carbons (Fsp3) is 0.367. The Balaban J connectivity index is 1.47. The smallest absolute Gasteiger partial charge is 0.423 e. The Hall–Kier alpha value is -5.07. The molecule has 0 bridgehead atoms. The highest BCUT2D eigenvalue weighted by Crippen LogP contribution is 2.35. The van der Waals surface area contributed by atoms with Crippen LogP contribution in [0.4, 0.5) is 10.5 Å². The predicted molar refractivity (Wildman–Crippen MR) is 157 cm³/mol. The van der Waals surface area contributed by atoms with Gasteiger partial charge in [0.2, 0.25) is 12.7 Å². The van der Waals surface area contributed by atoms with Crippen LogP contribution in [0.25, 0.3) is 0 Å². The molecule has 43 heavy (non-hydrogen) atoms. The Morgan fingerprint density at radius 1 is 1.09 bits per heavy atom. The monoisotopic (exact) mass is 587 g/mol. The fourth-order valence-electron chi connectivity index (χ4n) is 4.74. The van der Waals surface area contributed by atoms with Gasteiger partial charge in [-0.25, -0.2) is 19.5 Å². The summed E-state index contributed by atoms with van der Waals surface area (Å²) in [5, 5.41) is 11.8. The summed E-state index contributed by atoms with van der Waals surface area (Å²) in [4.78, 5) is 61.6. The van der Waals surface area contributed by atoms with Crippen molar-refractivity contribution in [3.63, 3.8) is 0 Å². The molecule has 2 N–H and O–H groups in total. The van der Waals surface area contributed by atoms with Gasteiger partial charge in [-0.05, 0) is 68.5 Å². The van der Waals surface area contributed by atoms with Crippen molar-refractivity contribution in [2.45, 2.75) is 46.1 Å². The van der Waals surface area contributed by atoms with Crippen LogP contribution in [0.2, 0.25) is 0 Å². The number of hydrazone groups is 1. The lowest BCUT2D eigenvalue weighted by atomic mass is 10.0. The summed E-state index contributed by atoms with van der Waals surface area (Å²) < 4.78 is 10.6. The van der Waals surface area contributed by atoms with Crippen LogP contribution in [0.3, 0.4) is 0 Å². The van der Waals surface area contributed by atoms with Crippen molar-refractivity contribution < 1.29 is 28.7 Å². The molecule has 1 fully saturated rings. The first-order valence-corrected chi connectivity index (χ1v) is 14.1. The number of anilines is 1. The van der Waals surface area contributed by atoms with E-state index in [4.69, 9.17) is 9.47 Å². The van der Waals surface area contributed by atoms with Gasteiger partial charge >= 0.3 is 12.1 Å². The molecule has 3 aliphatic rings. The van der Waals surface area contributed by atoms with E-state index in [1.54, 1.807) is 43.1 Å². The highest BCUT2D eigenvalue weighted by molar-refractivity contribution is 6.24. The third-order valence-corrected chi connectivity index (χ3v) is 7.25. The molecular formula is C30H33N7O6. The number of ether oxygens (including phenoxy) is 2.